The maximum absolute atomic E-state index is 9.92. The predicted molar refractivity (Wildman–Crippen MR) is 99.9 cm³/mol. The average Bonchev–Trinajstić information content (AvgIpc) is 3.04. The van der Waals surface area contributed by atoms with Crippen molar-refractivity contribution in [2.45, 2.75) is 45.1 Å². The number of para-hydroxylation sites is 1. The van der Waals surface area contributed by atoms with Gasteiger partial charge in [-0.05, 0) is 50.7 Å². The molecule has 1 aromatic carbocycles. The number of aromatic nitrogens is 3. The molecule has 1 aliphatic carbocycles. The van der Waals surface area contributed by atoms with Gasteiger partial charge in [-0.15, -0.1) is 0 Å². The number of benzene rings is 1. The minimum atomic E-state index is -0.0699. The van der Waals surface area contributed by atoms with Gasteiger partial charge in [0, 0.05) is 28.4 Å². The number of anilines is 1. The number of aliphatic hydroxyl groups is 1. The van der Waals surface area contributed by atoms with Gasteiger partial charge in [0.2, 0.25) is 0 Å². The second-order valence-electron chi connectivity index (χ2n) is 6.84. The predicted octanol–water partition coefficient (Wildman–Crippen LogP) is 3.16. The normalized spacial score (nSPS) is 15.1. The van der Waals surface area contributed by atoms with E-state index in [1.54, 1.807) is 0 Å². The third-order valence-electron chi connectivity index (χ3n) is 5.00. The summed E-state index contributed by atoms with van der Waals surface area (Å²) in [4.78, 5) is 12.5. The molecule has 130 valence electrons. The Morgan fingerprint density at radius 1 is 1.20 bits per heavy atom. The second-order valence-corrected chi connectivity index (χ2v) is 6.84. The molecular weight excluding hydrogens is 312 g/mol. The summed E-state index contributed by atoms with van der Waals surface area (Å²) in [6.07, 6.45) is 7.21. The molecule has 1 unspecified atom stereocenters. The molecule has 25 heavy (non-hydrogen) atoms. The lowest BCUT2D eigenvalue weighted by Crippen LogP contribution is -2.28. The zero-order valence-corrected chi connectivity index (χ0v) is 14.5. The van der Waals surface area contributed by atoms with E-state index in [4.69, 9.17) is 0 Å². The van der Waals surface area contributed by atoms with Crippen LogP contribution in [0.1, 0.15) is 35.5 Å². The zero-order valence-electron chi connectivity index (χ0n) is 14.5. The minimum Gasteiger partial charge on any atom is -0.394 e. The Kier molecular flexibility index (Phi) is 4.40. The maximum Gasteiger partial charge on any atom is 0.133 e. The van der Waals surface area contributed by atoms with E-state index in [-0.39, 0.29) is 12.6 Å². The first-order valence-corrected chi connectivity index (χ1v) is 9.03. The van der Waals surface area contributed by atoms with E-state index in [2.05, 4.69) is 32.4 Å². The van der Waals surface area contributed by atoms with Gasteiger partial charge >= 0.3 is 0 Å². The number of nitrogens with one attached hydrogen (secondary N) is 2. The Hall–Kier alpha value is -2.40. The Balaban J connectivity index is 1.59. The first-order chi connectivity index (χ1) is 12.2. The van der Waals surface area contributed by atoms with E-state index >= 15 is 0 Å². The van der Waals surface area contributed by atoms with Crippen LogP contribution in [0.15, 0.2) is 30.5 Å². The smallest absolute Gasteiger partial charge is 0.133 e. The Bertz CT molecular complexity index is 887. The summed E-state index contributed by atoms with van der Waals surface area (Å²) in [6, 6.07) is 8.20. The Morgan fingerprint density at radius 2 is 2.04 bits per heavy atom. The largest absolute Gasteiger partial charge is 0.394 e. The van der Waals surface area contributed by atoms with Gasteiger partial charge in [0.25, 0.3) is 0 Å². The van der Waals surface area contributed by atoms with Crippen LogP contribution in [-0.2, 0) is 19.3 Å². The van der Waals surface area contributed by atoms with E-state index in [0.717, 1.165) is 36.4 Å². The van der Waals surface area contributed by atoms with Gasteiger partial charge in [-0.25, -0.2) is 9.97 Å². The van der Waals surface area contributed by atoms with Crippen molar-refractivity contribution in [2.75, 3.05) is 11.9 Å². The van der Waals surface area contributed by atoms with Crippen LogP contribution in [0, 0.1) is 6.92 Å². The van der Waals surface area contributed by atoms with Crippen molar-refractivity contribution >= 4 is 16.7 Å². The van der Waals surface area contributed by atoms with Crippen LogP contribution in [0.3, 0.4) is 0 Å². The third kappa shape index (κ3) is 3.24. The highest BCUT2D eigenvalue weighted by Gasteiger charge is 2.19. The fourth-order valence-electron chi connectivity index (χ4n) is 3.76. The molecule has 2 aromatic heterocycles. The van der Waals surface area contributed by atoms with Crippen LogP contribution in [0.2, 0.25) is 0 Å². The molecule has 4 rings (SSSR count). The topological polar surface area (TPSA) is 73.8 Å². The van der Waals surface area contributed by atoms with Crippen molar-refractivity contribution in [3.8, 4) is 0 Å². The third-order valence-corrected chi connectivity index (χ3v) is 5.00. The number of aliphatic hydroxyl groups excluding tert-OH is 1. The fraction of sp³-hybridized carbons (Fsp3) is 0.400. The number of aromatic amines is 1. The van der Waals surface area contributed by atoms with E-state index in [1.807, 2.05) is 25.3 Å². The van der Waals surface area contributed by atoms with Crippen LogP contribution in [0.25, 0.3) is 10.9 Å². The quantitative estimate of drug-likeness (QED) is 0.669. The van der Waals surface area contributed by atoms with Crippen LogP contribution in [0.4, 0.5) is 5.82 Å². The van der Waals surface area contributed by atoms with Gasteiger partial charge in [0.1, 0.15) is 11.6 Å². The first-order valence-electron chi connectivity index (χ1n) is 9.03. The maximum atomic E-state index is 9.92. The lowest BCUT2D eigenvalue weighted by molar-refractivity contribution is 0.273. The summed E-state index contributed by atoms with van der Waals surface area (Å²) in [5.74, 6) is 1.70. The van der Waals surface area contributed by atoms with Crippen molar-refractivity contribution in [3.05, 3.63) is 53.1 Å². The molecular formula is C20H24N4O. The zero-order chi connectivity index (χ0) is 17.2. The number of hydrogen-bond donors (Lipinski definition) is 3. The van der Waals surface area contributed by atoms with E-state index in [1.165, 1.54) is 35.0 Å². The molecule has 0 spiro atoms. The fourth-order valence-corrected chi connectivity index (χ4v) is 3.76. The Labute approximate surface area is 147 Å². The summed E-state index contributed by atoms with van der Waals surface area (Å²) in [6.45, 7) is 2.00. The average molecular weight is 336 g/mol. The Morgan fingerprint density at radius 3 is 2.92 bits per heavy atom. The van der Waals surface area contributed by atoms with Crippen LogP contribution in [-0.4, -0.2) is 32.7 Å². The summed E-state index contributed by atoms with van der Waals surface area (Å²) in [7, 11) is 0. The van der Waals surface area contributed by atoms with Crippen molar-refractivity contribution in [3.63, 3.8) is 0 Å². The monoisotopic (exact) mass is 336 g/mol. The molecule has 5 nitrogen and oxygen atoms in total. The molecule has 2 heterocycles. The molecule has 0 amide bonds. The summed E-state index contributed by atoms with van der Waals surface area (Å²) < 4.78 is 0. The summed E-state index contributed by atoms with van der Waals surface area (Å²) >= 11 is 0. The molecule has 0 radical (unpaired) electrons. The molecule has 0 fully saturated rings. The van der Waals surface area contributed by atoms with Gasteiger partial charge in [-0.3, -0.25) is 0 Å². The molecule has 0 aliphatic heterocycles. The molecule has 0 saturated carbocycles. The van der Waals surface area contributed by atoms with Crippen LogP contribution >= 0.6 is 0 Å². The SMILES string of the molecule is Cc1nc2c(c(NC(CO)Cc3c[nH]c4ccccc34)n1)CCCC2. The van der Waals surface area contributed by atoms with Gasteiger partial charge in [-0.1, -0.05) is 18.2 Å². The van der Waals surface area contributed by atoms with Gasteiger partial charge in [0.05, 0.1) is 12.6 Å². The summed E-state index contributed by atoms with van der Waals surface area (Å²) in [5.41, 5.74) is 4.74. The lowest BCUT2D eigenvalue weighted by Gasteiger charge is -2.23. The minimum absolute atomic E-state index is 0.0668. The second kappa shape index (κ2) is 6.84. The number of nitrogens with zero attached hydrogens (tertiary/aromatic N) is 2. The lowest BCUT2D eigenvalue weighted by atomic mass is 9.96. The van der Waals surface area contributed by atoms with Crippen LogP contribution < -0.4 is 5.32 Å². The highest BCUT2D eigenvalue weighted by molar-refractivity contribution is 5.83. The van der Waals surface area contributed by atoms with Gasteiger partial charge < -0.3 is 15.4 Å². The van der Waals surface area contributed by atoms with E-state index in [0.29, 0.717) is 0 Å². The molecule has 1 aliphatic rings. The number of aryl methyl sites for hydroxylation is 2. The number of rotatable bonds is 5. The number of H-pyrrole nitrogens is 1. The number of fused-ring (bicyclic) bond motifs is 2. The molecule has 5 heteroatoms. The van der Waals surface area contributed by atoms with Crippen molar-refractivity contribution < 1.29 is 5.11 Å². The van der Waals surface area contributed by atoms with Crippen molar-refractivity contribution in [2.24, 2.45) is 0 Å². The van der Waals surface area contributed by atoms with E-state index in [9.17, 15) is 5.11 Å². The standard InChI is InChI=1S/C20H24N4O/c1-13-22-19-9-5-3-7-17(19)20(23-13)24-15(12-25)10-14-11-21-18-8-4-2-6-16(14)18/h2,4,6,8,11,15,21,25H,3,5,7,9-10,12H2,1H3,(H,22,23,24). The van der Waals surface area contributed by atoms with Crippen LogP contribution in [0.5, 0.6) is 0 Å². The summed E-state index contributed by atoms with van der Waals surface area (Å²) in [5, 5.41) is 14.6. The molecule has 0 saturated heterocycles. The first kappa shape index (κ1) is 16.1. The molecule has 3 N–H and O–H groups in total. The van der Waals surface area contributed by atoms with Gasteiger partial charge in [-0.2, -0.15) is 0 Å². The van der Waals surface area contributed by atoms with Crippen molar-refractivity contribution in [1.82, 2.24) is 15.0 Å². The molecule has 0 bridgehead atoms. The molecule has 1 atom stereocenters. The highest BCUT2D eigenvalue weighted by Crippen LogP contribution is 2.27. The number of hydrogen-bond acceptors (Lipinski definition) is 4. The highest BCUT2D eigenvalue weighted by atomic mass is 16.3. The van der Waals surface area contributed by atoms with Crippen molar-refractivity contribution in [1.29, 1.82) is 0 Å². The van der Waals surface area contributed by atoms with Gasteiger partial charge in [0.15, 0.2) is 0 Å². The van der Waals surface area contributed by atoms with E-state index < -0.39 is 0 Å². The molecule has 3 aromatic rings.